The first-order chi connectivity index (χ1) is 9.41. The van der Waals surface area contributed by atoms with Gasteiger partial charge in [0.15, 0.2) is 0 Å². The molecule has 0 spiro atoms. The third-order valence-electron chi connectivity index (χ3n) is 4.75. The van der Waals surface area contributed by atoms with Crippen molar-refractivity contribution < 1.29 is 4.42 Å². The fraction of sp³-hybridized carbons (Fsp3) is 0.812. The minimum atomic E-state index is 0.0394. The summed E-state index contributed by atoms with van der Waals surface area (Å²) in [6.07, 6.45) is 7.11. The van der Waals surface area contributed by atoms with Gasteiger partial charge in [0, 0.05) is 23.5 Å². The molecule has 2 fully saturated rings. The minimum absolute atomic E-state index is 0.0394. The summed E-state index contributed by atoms with van der Waals surface area (Å²) in [6.45, 7) is 7.29. The van der Waals surface area contributed by atoms with Crippen LogP contribution in [0.1, 0.15) is 58.1 Å². The second-order valence-electron chi connectivity index (χ2n) is 7.55. The maximum atomic E-state index is 5.91. The maximum Gasteiger partial charge on any atom is 0.208 e. The molecule has 2 saturated heterocycles. The van der Waals surface area contributed by atoms with Gasteiger partial charge in [-0.2, -0.15) is 0 Å². The van der Waals surface area contributed by atoms with E-state index < -0.39 is 0 Å². The van der Waals surface area contributed by atoms with Gasteiger partial charge in [-0.05, 0) is 32.7 Å². The van der Waals surface area contributed by atoms with Crippen LogP contribution in [-0.2, 0) is 12.0 Å². The third-order valence-corrected chi connectivity index (χ3v) is 4.75. The van der Waals surface area contributed by atoms with Gasteiger partial charge >= 0.3 is 0 Å². The van der Waals surface area contributed by atoms with Crippen LogP contribution >= 0.6 is 0 Å². The van der Waals surface area contributed by atoms with Gasteiger partial charge in [0.05, 0.1) is 12.7 Å². The largest absolute Gasteiger partial charge is 0.444 e. The van der Waals surface area contributed by atoms with Crippen LogP contribution in [0.2, 0.25) is 0 Å². The van der Waals surface area contributed by atoms with Crippen LogP contribution in [-0.4, -0.2) is 35.1 Å². The molecule has 2 aliphatic heterocycles. The van der Waals surface area contributed by atoms with Crippen LogP contribution in [0.5, 0.6) is 0 Å². The second-order valence-corrected chi connectivity index (χ2v) is 7.55. The molecule has 3 heterocycles. The lowest BCUT2D eigenvalue weighted by atomic mass is 9.94. The molecule has 1 aromatic rings. The van der Waals surface area contributed by atoms with E-state index in [0.29, 0.717) is 6.04 Å². The van der Waals surface area contributed by atoms with E-state index in [-0.39, 0.29) is 5.41 Å². The Morgan fingerprint density at radius 3 is 2.50 bits per heavy atom. The van der Waals surface area contributed by atoms with E-state index in [4.69, 9.17) is 4.42 Å². The molecule has 4 nitrogen and oxygen atoms in total. The molecule has 1 N–H and O–H groups in total. The Hall–Kier alpha value is -0.870. The van der Waals surface area contributed by atoms with Gasteiger partial charge in [-0.1, -0.05) is 20.8 Å². The Kier molecular flexibility index (Phi) is 3.63. The molecule has 3 rings (SSSR count). The fourth-order valence-corrected chi connectivity index (χ4v) is 3.46. The molecule has 2 atom stereocenters. The first-order valence-corrected chi connectivity index (χ1v) is 7.83. The molecule has 2 unspecified atom stereocenters. The SMILES string of the molecule is CN(Cc1ncc(C(C)(C)C)o1)C1CC2CCC(C1)N2. The van der Waals surface area contributed by atoms with E-state index in [0.717, 1.165) is 30.3 Å². The van der Waals surface area contributed by atoms with Gasteiger partial charge in [0.1, 0.15) is 5.76 Å². The van der Waals surface area contributed by atoms with E-state index in [2.05, 4.69) is 43.0 Å². The summed E-state index contributed by atoms with van der Waals surface area (Å²) in [5.74, 6) is 1.83. The van der Waals surface area contributed by atoms with Crippen molar-refractivity contribution in [1.29, 1.82) is 0 Å². The van der Waals surface area contributed by atoms with E-state index in [9.17, 15) is 0 Å². The number of hydrogen-bond acceptors (Lipinski definition) is 4. The second kappa shape index (κ2) is 5.15. The van der Waals surface area contributed by atoms with E-state index in [1.807, 2.05) is 6.20 Å². The smallest absolute Gasteiger partial charge is 0.208 e. The lowest BCUT2D eigenvalue weighted by molar-refractivity contribution is 0.152. The summed E-state index contributed by atoms with van der Waals surface area (Å²) >= 11 is 0. The molecule has 0 amide bonds. The zero-order valence-corrected chi connectivity index (χ0v) is 13.1. The molecule has 1 aromatic heterocycles. The number of rotatable bonds is 3. The lowest BCUT2D eigenvalue weighted by Crippen LogP contribution is -2.46. The van der Waals surface area contributed by atoms with Crippen LogP contribution in [0.15, 0.2) is 10.6 Å². The highest BCUT2D eigenvalue weighted by Crippen LogP contribution is 2.30. The molecular formula is C16H27N3O. The molecule has 20 heavy (non-hydrogen) atoms. The van der Waals surface area contributed by atoms with Crippen LogP contribution in [0, 0.1) is 0 Å². The standard InChI is InChI=1S/C16H27N3O/c1-16(2,3)14-9-17-15(20-14)10-19(4)13-7-11-5-6-12(8-13)18-11/h9,11-13,18H,5-8,10H2,1-4H3. The van der Waals surface area contributed by atoms with E-state index in [1.54, 1.807) is 0 Å². The predicted octanol–water partition coefficient (Wildman–Crippen LogP) is 2.69. The van der Waals surface area contributed by atoms with Crippen molar-refractivity contribution in [3.8, 4) is 0 Å². The third kappa shape index (κ3) is 2.91. The van der Waals surface area contributed by atoms with Crippen LogP contribution in [0.3, 0.4) is 0 Å². The monoisotopic (exact) mass is 277 g/mol. The van der Waals surface area contributed by atoms with Crippen molar-refractivity contribution in [1.82, 2.24) is 15.2 Å². The average molecular weight is 277 g/mol. The molecule has 4 heteroatoms. The summed E-state index contributed by atoms with van der Waals surface area (Å²) in [6, 6.07) is 2.13. The summed E-state index contributed by atoms with van der Waals surface area (Å²) < 4.78 is 5.91. The number of nitrogens with one attached hydrogen (secondary N) is 1. The number of hydrogen-bond donors (Lipinski definition) is 1. The van der Waals surface area contributed by atoms with Gasteiger partial charge in [0.25, 0.3) is 0 Å². The number of piperidine rings is 1. The Balaban J connectivity index is 1.61. The number of oxazole rings is 1. The van der Waals surface area contributed by atoms with Crippen molar-refractivity contribution in [2.24, 2.45) is 0 Å². The molecule has 0 saturated carbocycles. The van der Waals surface area contributed by atoms with Crippen LogP contribution in [0.4, 0.5) is 0 Å². The average Bonchev–Trinajstić information content (AvgIpc) is 2.96. The maximum absolute atomic E-state index is 5.91. The lowest BCUT2D eigenvalue weighted by Gasteiger charge is -2.35. The first-order valence-electron chi connectivity index (χ1n) is 7.83. The summed E-state index contributed by atoms with van der Waals surface area (Å²) in [4.78, 5) is 6.87. The Bertz CT molecular complexity index is 451. The normalized spacial score (nSPS) is 30.1. The Labute approximate surface area is 121 Å². The van der Waals surface area contributed by atoms with Gasteiger partial charge in [-0.15, -0.1) is 0 Å². The topological polar surface area (TPSA) is 41.3 Å². The van der Waals surface area contributed by atoms with Crippen molar-refractivity contribution in [2.45, 2.75) is 76.5 Å². The molecule has 0 radical (unpaired) electrons. The quantitative estimate of drug-likeness (QED) is 0.922. The van der Waals surface area contributed by atoms with Gasteiger partial charge < -0.3 is 9.73 Å². The van der Waals surface area contributed by atoms with E-state index >= 15 is 0 Å². The molecule has 2 aliphatic rings. The molecule has 2 bridgehead atoms. The van der Waals surface area contributed by atoms with E-state index in [1.165, 1.54) is 25.7 Å². The fourth-order valence-electron chi connectivity index (χ4n) is 3.46. The van der Waals surface area contributed by atoms with Gasteiger partial charge in [-0.25, -0.2) is 4.98 Å². The minimum Gasteiger partial charge on any atom is -0.444 e. The van der Waals surface area contributed by atoms with Gasteiger partial charge in [-0.3, -0.25) is 4.90 Å². The highest BCUT2D eigenvalue weighted by atomic mass is 16.4. The molecule has 0 aromatic carbocycles. The molecule has 0 aliphatic carbocycles. The van der Waals surface area contributed by atoms with Crippen LogP contribution in [0.25, 0.3) is 0 Å². The zero-order chi connectivity index (χ0) is 14.3. The summed E-state index contributed by atoms with van der Waals surface area (Å²) in [5, 5.41) is 3.70. The van der Waals surface area contributed by atoms with Crippen molar-refractivity contribution in [3.63, 3.8) is 0 Å². The molecular weight excluding hydrogens is 250 g/mol. The highest BCUT2D eigenvalue weighted by molar-refractivity contribution is 5.06. The molecule has 112 valence electrons. The summed E-state index contributed by atoms with van der Waals surface area (Å²) in [7, 11) is 2.20. The van der Waals surface area contributed by atoms with Crippen molar-refractivity contribution in [3.05, 3.63) is 17.8 Å². The van der Waals surface area contributed by atoms with Crippen LogP contribution < -0.4 is 5.32 Å². The van der Waals surface area contributed by atoms with Crippen molar-refractivity contribution in [2.75, 3.05) is 7.05 Å². The number of fused-ring (bicyclic) bond motifs is 2. The zero-order valence-electron chi connectivity index (χ0n) is 13.1. The number of aromatic nitrogens is 1. The number of nitrogens with zero attached hydrogens (tertiary/aromatic N) is 2. The summed E-state index contributed by atoms with van der Waals surface area (Å²) in [5.41, 5.74) is 0.0394. The first kappa shape index (κ1) is 14.1. The highest BCUT2D eigenvalue weighted by Gasteiger charge is 2.35. The Morgan fingerprint density at radius 2 is 1.95 bits per heavy atom. The van der Waals surface area contributed by atoms with Gasteiger partial charge in [0.2, 0.25) is 5.89 Å². The Morgan fingerprint density at radius 1 is 1.30 bits per heavy atom. The predicted molar refractivity (Wildman–Crippen MR) is 79.6 cm³/mol. The van der Waals surface area contributed by atoms with Crippen molar-refractivity contribution >= 4 is 0 Å².